The van der Waals surface area contributed by atoms with E-state index in [2.05, 4.69) is 27.7 Å². The molecule has 1 aromatic rings. The van der Waals surface area contributed by atoms with Gasteiger partial charge < -0.3 is 15.5 Å². The second-order valence-corrected chi connectivity index (χ2v) is 6.42. The molecule has 2 N–H and O–H groups in total. The van der Waals surface area contributed by atoms with E-state index in [1.807, 2.05) is 32.9 Å². The highest BCUT2D eigenvalue weighted by molar-refractivity contribution is 5.89. The van der Waals surface area contributed by atoms with E-state index in [1.165, 1.54) is 24.9 Å². The lowest BCUT2D eigenvalue weighted by molar-refractivity contribution is 0.244. The van der Waals surface area contributed by atoms with Gasteiger partial charge in [0.25, 0.3) is 0 Å². The molecule has 0 atom stereocenters. The molecule has 110 valence electrons. The number of benzene rings is 1. The Bertz CT molecular complexity index is 442. The Kier molecular flexibility index (Phi) is 4.53. The molecule has 1 fully saturated rings. The summed E-state index contributed by atoms with van der Waals surface area (Å²) in [4.78, 5) is 14.2. The summed E-state index contributed by atoms with van der Waals surface area (Å²) in [7, 11) is 0. The standard InChI is InChI=1S/C16H25N3O/c1-16(2,3)18-15(20)17-13-7-9-14(10-8-13)19-11-5-4-6-12-19/h7-10H,4-6,11-12H2,1-3H3,(H2,17,18,20). The van der Waals surface area contributed by atoms with Crippen LogP contribution in [0.1, 0.15) is 40.0 Å². The lowest BCUT2D eigenvalue weighted by Crippen LogP contribution is -2.43. The monoisotopic (exact) mass is 275 g/mol. The Morgan fingerprint density at radius 1 is 1.05 bits per heavy atom. The predicted molar refractivity (Wildman–Crippen MR) is 84.4 cm³/mol. The van der Waals surface area contributed by atoms with E-state index < -0.39 is 0 Å². The SMILES string of the molecule is CC(C)(C)NC(=O)Nc1ccc(N2CCCCC2)cc1. The minimum atomic E-state index is -0.224. The number of hydrogen-bond donors (Lipinski definition) is 2. The van der Waals surface area contributed by atoms with Crippen molar-refractivity contribution in [3.8, 4) is 0 Å². The molecule has 2 rings (SSSR count). The first-order chi connectivity index (χ1) is 9.44. The lowest BCUT2D eigenvalue weighted by Gasteiger charge is -2.29. The van der Waals surface area contributed by atoms with Crippen molar-refractivity contribution >= 4 is 17.4 Å². The van der Waals surface area contributed by atoms with E-state index in [1.54, 1.807) is 0 Å². The number of nitrogens with one attached hydrogen (secondary N) is 2. The summed E-state index contributed by atoms with van der Waals surface area (Å²) in [6, 6.07) is 7.93. The van der Waals surface area contributed by atoms with Gasteiger partial charge in [0.15, 0.2) is 0 Å². The van der Waals surface area contributed by atoms with Crippen molar-refractivity contribution in [1.29, 1.82) is 0 Å². The maximum atomic E-state index is 11.8. The van der Waals surface area contributed by atoms with Gasteiger partial charge in [-0.15, -0.1) is 0 Å². The number of carbonyl (C=O) groups excluding carboxylic acids is 1. The third kappa shape index (κ3) is 4.44. The van der Waals surface area contributed by atoms with Crippen LogP contribution < -0.4 is 15.5 Å². The molecule has 1 aliphatic heterocycles. The number of anilines is 2. The number of urea groups is 1. The van der Waals surface area contributed by atoms with Crippen LogP contribution in [0.5, 0.6) is 0 Å². The lowest BCUT2D eigenvalue weighted by atomic mass is 10.1. The third-order valence-corrected chi connectivity index (χ3v) is 3.33. The molecule has 0 unspecified atom stereocenters. The Hall–Kier alpha value is -1.71. The number of nitrogens with zero attached hydrogens (tertiary/aromatic N) is 1. The smallest absolute Gasteiger partial charge is 0.319 e. The maximum absolute atomic E-state index is 11.8. The van der Waals surface area contributed by atoms with Gasteiger partial charge in [-0.2, -0.15) is 0 Å². The number of carbonyl (C=O) groups is 1. The minimum absolute atomic E-state index is 0.164. The normalized spacial score (nSPS) is 15.8. The van der Waals surface area contributed by atoms with E-state index in [0.29, 0.717) is 0 Å². The molecule has 0 bridgehead atoms. The first-order valence-electron chi connectivity index (χ1n) is 7.38. The van der Waals surface area contributed by atoms with Crippen LogP contribution in [-0.2, 0) is 0 Å². The maximum Gasteiger partial charge on any atom is 0.319 e. The molecular formula is C16H25N3O. The van der Waals surface area contributed by atoms with Gasteiger partial charge in [-0.1, -0.05) is 0 Å². The average molecular weight is 275 g/mol. The zero-order valence-electron chi connectivity index (χ0n) is 12.7. The molecule has 2 amide bonds. The Balaban J connectivity index is 1.92. The highest BCUT2D eigenvalue weighted by atomic mass is 16.2. The van der Waals surface area contributed by atoms with Crippen LogP contribution in [0.2, 0.25) is 0 Å². The van der Waals surface area contributed by atoms with Crippen molar-refractivity contribution in [3.63, 3.8) is 0 Å². The molecule has 4 nitrogen and oxygen atoms in total. The molecule has 20 heavy (non-hydrogen) atoms. The van der Waals surface area contributed by atoms with Crippen LogP contribution in [0.3, 0.4) is 0 Å². The Morgan fingerprint density at radius 3 is 2.20 bits per heavy atom. The fourth-order valence-corrected chi connectivity index (χ4v) is 2.41. The van der Waals surface area contributed by atoms with Crippen LogP contribution in [0.25, 0.3) is 0 Å². The largest absolute Gasteiger partial charge is 0.372 e. The van der Waals surface area contributed by atoms with Crippen LogP contribution in [0.15, 0.2) is 24.3 Å². The Labute approximate surface area is 121 Å². The topological polar surface area (TPSA) is 44.4 Å². The van der Waals surface area contributed by atoms with Gasteiger partial charge in [0, 0.05) is 30.0 Å². The van der Waals surface area contributed by atoms with Gasteiger partial charge in [-0.25, -0.2) is 4.79 Å². The van der Waals surface area contributed by atoms with Crippen LogP contribution in [-0.4, -0.2) is 24.7 Å². The number of rotatable bonds is 2. The van der Waals surface area contributed by atoms with Crippen molar-refractivity contribution in [2.24, 2.45) is 0 Å². The van der Waals surface area contributed by atoms with Crippen LogP contribution in [0.4, 0.5) is 16.2 Å². The van der Waals surface area contributed by atoms with Crippen LogP contribution in [0, 0.1) is 0 Å². The quantitative estimate of drug-likeness (QED) is 0.866. The van der Waals surface area contributed by atoms with Crippen molar-refractivity contribution in [3.05, 3.63) is 24.3 Å². The van der Waals surface area contributed by atoms with Gasteiger partial charge in [-0.3, -0.25) is 0 Å². The van der Waals surface area contributed by atoms with Crippen molar-refractivity contribution < 1.29 is 4.79 Å². The second kappa shape index (κ2) is 6.16. The van der Waals surface area contributed by atoms with Gasteiger partial charge in [0.2, 0.25) is 0 Å². The van der Waals surface area contributed by atoms with Gasteiger partial charge >= 0.3 is 6.03 Å². The summed E-state index contributed by atoms with van der Waals surface area (Å²) in [6.07, 6.45) is 3.88. The van der Waals surface area contributed by atoms with E-state index in [0.717, 1.165) is 18.8 Å². The third-order valence-electron chi connectivity index (χ3n) is 3.33. The Morgan fingerprint density at radius 2 is 1.65 bits per heavy atom. The molecular weight excluding hydrogens is 250 g/mol. The summed E-state index contributed by atoms with van der Waals surface area (Å²) < 4.78 is 0. The highest BCUT2D eigenvalue weighted by Gasteiger charge is 2.14. The van der Waals surface area contributed by atoms with E-state index in [-0.39, 0.29) is 11.6 Å². The molecule has 1 saturated heterocycles. The molecule has 4 heteroatoms. The van der Waals surface area contributed by atoms with E-state index in [4.69, 9.17) is 0 Å². The van der Waals surface area contributed by atoms with E-state index >= 15 is 0 Å². The van der Waals surface area contributed by atoms with Crippen LogP contribution >= 0.6 is 0 Å². The summed E-state index contributed by atoms with van der Waals surface area (Å²) >= 11 is 0. The highest BCUT2D eigenvalue weighted by Crippen LogP contribution is 2.21. The molecule has 0 saturated carbocycles. The molecule has 1 aliphatic rings. The predicted octanol–water partition coefficient (Wildman–Crippen LogP) is 3.60. The van der Waals surface area contributed by atoms with E-state index in [9.17, 15) is 4.79 Å². The minimum Gasteiger partial charge on any atom is -0.372 e. The fraction of sp³-hybridized carbons (Fsp3) is 0.562. The first kappa shape index (κ1) is 14.7. The molecule has 1 heterocycles. The van der Waals surface area contributed by atoms with Gasteiger partial charge in [0.1, 0.15) is 0 Å². The second-order valence-electron chi connectivity index (χ2n) is 6.42. The fourth-order valence-electron chi connectivity index (χ4n) is 2.41. The molecule has 1 aromatic carbocycles. The van der Waals surface area contributed by atoms with Gasteiger partial charge in [-0.05, 0) is 64.3 Å². The molecule has 0 radical (unpaired) electrons. The number of amides is 2. The summed E-state index contributed by atoms with van der Waals surface area (Å²) in [5, 5.41) is 5.75. The van der Waals surface area contributed by atoms with Gasteiger partial charge in [0.05, 0.1) is 0 Å². The summed E-state index contributed by atoms with van der Waals surface area (Å²) in [5.74, 6) is 0. The van der Waals surface area contributed by atoms with Crippen molar-refractivity contribution in [1.82, 2.24) is 5.32 Å². The molecule has 0 aliphatic carbocycles. The van der Waals surface area contributed by atoms with Crippen molar-refractivity contribution in [2.75, 3.05) is 23.3 Å². The van der Waals surface area contributed by atoms with Crippen molar-refractivity contribution in [2.45, 2.75) is 45.6 Å². The molecule has 0 spiro atoms. The number of piperidine rings is 1. The number of hydrogen-bond acceptors (Lipinski definition) is 2. The average Bonchev–Trinajstić information content (AvgIpc) is 2.38. The summed E-state index contributed by atoms with van der Waals surface area (Å²) in [6.45, 7) is 8.17. The first-order valence-corrected chi connectivity index (χ1v) is 7.38. The zero-order chi connectivity index (χ0) is 14.6. The molecule has 0 aromatic heterocycles. The zero-order valence-corrected chi connectivity index (χ0v) is 12.7. The summed E-state index contributed by atoms with van der Waals surface area (Å²) in [5.41, 5.74) is 1.84.